The van der Waals surface area contributed by atoms with Crippen LogP contribution in [0.5, 0.6) is 23.1 Å². The first-order valence-electron chi connectivity index (χ1n) is 14.3. The summed E-state index contributed by atoms with van der Waals surface area (Å²) in [5, 5.41) is 0.794. The van der Waals surface area contributed by atoms with Gasteiger partial charge in [-0.25, -0.2) is 4.98 Å². The Hall–Kier alpha value is -4.68. The Bertz CT molecular complexity index is 1870. The van der Waals surface area contributed by atoms with Crippen molar-refractivity contribution in [2.75, 3.05) is 25.0 Å². The largest absolute Gasteiger partial charge is 0.493 e. The number of aromatic nitrogens is 4. The fourth-order valence-corrected chi connectivity index (χ4v) is 5.81. The lowest BCUT2D eigenvalue weighted by Crippen LogP contribution is -2.20. The molecule has 1 saturated heterocycles. The van der Waals surface area contributed by atoms with E-state index in [0.717, 1.165) is 29.3 Å². The van der Waals surface area contributed by atoms with Gasteiger partial charge in [-0.1, -0.05) is 50.2 Å². The number of nitrogens with zero attached hydrogens (tertiary/aromatic N) is 4. The predicted octanol–water partition coefficient (Wildman–Crippen LogP) is 6.10. The minimum Gasteiger partial charge on any atom is -0.493 e. The molecule has 3 aromatic heterocycles. The molecule has 2 aromatic carbocycles. The molecule has 1 aliphatic heterocycles. The Kier molecular flexibility index (Phi) is 8.36. The van der Waals surface area contributed by atoms with Crippen LogP contribution >= 0.6 is 0 Å². The minimum atomic E-state index is -4.21. The maximum absolute atomic E-state index is 13.7. The molecule has 1 fully saturated rings. The van der Waals surface area contributed by atoms with Crippen LogP contribution < -0.4 is 18.9 Å². The summed E-state index contributed by atoms with van der Waals surface area (Å²) in [6.45, 7) is 4.86. The third-order valence-electron chi connectivity index (χ3n) is 7.28. The van der Waals surface area contributed by atoms with Crippen molar-refractivity contribution in [3.8, 4) is 29.1 Å². The van der Waals surface area contributed by atoms with Gasteiger partial charge in [0.2, 0.25) is 11.7 Å². The molecule has 0 amide bonds. The van der Waals surface area contributed by atoms with E-state index in [2.05, 4.69) is 14.7 Å². The molecule has 6 rings (SSSR count). The molecule has 1 atom stereocenters. The highest BCUT2D eigenvalue weighted by Crippen LogP contribution is 2.41. The molecule has 0 bridgehead atoms. The summed E-state index contributed by atoms with van der Waals surface area (Å²) in [6.07, 6.45) is 4.99. The number of hydrogen-bond donors (Lipinski definition) is 1. The van der Waals surface area contributed by atoms with Gasteiger partial charge in [0.25, 0.3) is 15.9 Å². The number of nitrogens with one attached hydrogen (secondary N) is 1. The number of hydrogen-bond acceptors (Lipinski definition) is 9. The van der Waals surface area contributed by atoms with E-state index in [1.165, 1.54) is 13.2 Å². The van der Waals surface area contributed by atoms with Crippen LogP contribution in [-0.4, -0.2) is 54.4 Å². The molecule has 0 radical (unpaired) electrons. The predicted molar refractivity (Wildman–Crippen MR) is 166 cm³/mol. The number of fused-ring (bicyclic) bond motifs is 1. The van der Waals surface area contributed by atoms with Gasteiger partial charge >= 0.3 is 0 Å². The third kappa shape index (κ3) is 6.17. The summed E-state index contributed by atoms with van der Waals surface area (Å²) in [7, 11) is -2.70. The smallest absolute Gasteiger partial charge is 0.280 e. The molecule has 1 unspecified atom stereocenters. The van der Waals surface area contributed by atoms with E-state index in [4.69, 9.17) is 23.9 Å². The van der Waals surface area contributed by atoms with Gasteiger partial charge in [-0.15, -0.1) is 0 Å². The van der Waals surface area contributed by atoms with Gasteiger partial charge < -0.3 is 18.9 Å². The molecule has 1 aliphatic rings. The second-order valence-electron chi connectivity index (χ2n) is 10.6. The van der Waals surface area contributed by atoms with Crippen LogP contribution in [0.25, 0.3) is 16.9 Å². The summed E-state index contributed by atoms with van der Waals surface area (Å²) in [5.41, 5.74) is 1.74. The highest BCUT2D eigenvalue weighted by molar-refractivity contribution is 7.92. The summed E-state index contributed by atoms with van der Waals surface area (Å²) < 4.78 is 55.6. The van der Waals surface area contributed by atoms with Crippen LogP contribution in [0.4, 0.5) is 5.82 Å². The van der Waals surface area contributed by atoms with Crippen LogP contribution in [0.15, 0.2) is 84.1 Å². The van der Waals surface area contributed by atoms with Crippen LogP contribution in [0.1, 0.15) is 38.2 Å². The Balaban J connectivity index is 1.49. The molecule has 0 aliphatic carbocycles. The number of methoxy groups -OCH3 is 1. The standard InChI is InChI=1S/C32H33N5O6S/c1-21(2)23-14-15-28(33-19-23)44(38,39)36-30-29(43-27-13-7-6-12-26(27)40-3)31(42-20-24-10-8-18-41-24)35-32(34-30)37-17-16-22-9-4-5-11-25(22)37/h4-7,9,11-17,19,21,24H,8,10,18,20H2,1-3H3,(H,34,35,36). The fourth-order valence-electron chi connectivity index (χ4n) is 4.88. The first-order valence-corrected chi connectivity index (χ1v) is 15.8. The number of benzene rings is 2. The molecule has 0 saturated carbocycles. The van der Waals surface area contributed by atoms with E-state index < -0.39 is 10.0 Å². The van der Waals surface area contributed by atoms with Gasteiger partial charge in [0.1, 0.15) is 6.61 Å². The summed E-state index contributed by atoms with van der Waals surface area (Å²) in [4.78, 5) is 13.6. The zero-order chi connectivity index (χ0) is 30.7. The molecular formula is C32H33N5O6S. The summed E-state index contributed by atoms with van der Waals surface area (Å²) >= 11 is 0. The number of ether oxygens (including phenoxy) is 4. The highest BCUT2D eigenvalue weighted by atomic mass is 32.2. The lowest BCUT2D eigenvalue weighted by atomic mass is 10.1. The molecule has 44 heavy (non-hydrogen) atoms. The van der Waals surface area contributed by atoms with Gasteiger partial charge in [-0.3, -0.25) is 9.29 Å². The number of anilines is 1. The molecule has 5 aromatic rings. The number of rotatable bonds is 11. The second-order valence-corrected chi connectivity index (χ2v) is 12.3. The Morgan fingerprint density at radius 1 is 1.02 bits per heavy atom. The molecule has 4 heterocycles. The second kappa shape index (κ2) is 12.5. The van der Waals surface area contributed by atoms with Crippen molar-refractivity contribution in [2.24, 2.45) is 0 Å². The zero-order valence-electron chi connectivity index (χ0n) is 24.6. The molecule has 12 heteroatoms. The molecular weight excluding hydrogens is 582 g/mol. The van der Waals surface area contributed by atoms with Crippen molar-refractivity contribution in [3.63, 3.8) is 0 Å². The lowest BCUT2D eigenvalue weighted by Gasteiger charge is -2.19. The summed E-state index contributed by atoms with van der Waals surface area (Å²) in [6, 6.07) is 19.9. The number of sulfonamides is 1. The normalized spacial score (nSPS) is 15.0. The van der Waals surface area contributed by atoms with Crippen molar-refractivity contribution in [2.45, 2.75) is 43.7 Å². The highest BCUT2D eigenvalue weighted by Gasteiger charge is 2.27. The van der Waals surface area contributed by atoms with Crippen molar-refractivity contribution >= 4 is 26.7 Å². The maximum atomic E-state index is 13.7. The molecule has 228 valence electrons. The van der Waals surface area contributed by atoms with E-state index in [9.17, 15) is 8.42 Å². The van der Waals surface area contributed by atoms with E-state index in [-0.39, 0.29) is 47.1 Å². The maximum Gasteiger partial charge on any atom is 0.280 e. The van der Waals surface area contributed by atoms with Crippen LogP contribution in [0.3, 0.4) is 0 Å². The van der Waals surface area contributed by atoms with Crippen molar-refractivity contribution < 1.29 is 27.4 Å². The van der Waals surface area contributed by atoms with Crippen molar-refractivity contribution in [3.05, 3.63) is 84.7 Å². The third-order valence-corrected chi connectivity index (χ3v) is 8.54. The fraction of sp³-hybridized carbons (Fsp3) is 0.281. The topological polar surface area (TPSA) is 127 Å². The molecule has 1 N–H and O–H groups in total. The average molecular weight is 616 g/mol. The summed E-state index contributed by atoms with van der Waals surface area (Å²) in [5.74, 6) is 0.998. The number of pyridine rings is 1. The van der Waals surface area contributed by atoms with Crippen molar-refractivity contribution in [1.29, 1.82) is 0 Å². The quantitative estimate of drug-likeness (QED) is 0.188. The Morgan fingerprint density at radius 2 is 1.82 bits per heavy atom. The van der Waals surface area contributed by atoms with Gasteiger partial charge in [0, 0.05) is 24.4 Å². The SMILES string of the molecule is COc1ccccc1Oc1c(NS(=O)(=O)c2ccc(C(C)C)cn2)nc(-n2ccc3ccccc32)nc1OCC1CCCO1. The first kappa shape index (κ1) is 29.4. The monoisotopic (exact) mass is 615 g/mol. The van der Waals surface area contributed by atoms with Gasteiger partial charge in [-0.05, 0) is 54.7 Å². The first-order chi connectivity index (χ1) is 21.3. The lowest BCUT2D eigenvalue weighted by molar-refractivity contribution is 0.0654. The van der Waals surface area contributed by atoms with Crippen LogP contribution in [-0.2, 0) is 14.8 Å². The van der Waals surface area contributed by atoms with Gasteiger partial charge in [-0.2, -0.15) is 18.4 Å². The van der Waals surface area contributed by atoms with Gasteiger partial charge in [0.15, 0.2) is 22.3 Å². The Morgan fingerprint density at radius 3 is 2.55 bits per heavy atom. The Labute approximate surface area is 255 Å². The molecule has 11 nitrogen and oxygen atoms in total. The zero-order valence-corrected chi connectivity index (χ0v) is 25.5. The van der Waals surface area contributed by atoms with E-state index in [1.54, 1.807) is 41.1 Å². The molecule has 0 spiro atoms. The van der Waals surface area contributed by atoms with E-state index >= 15 is 0 Å². The minimum absolute atomic E-state index is 0.0323. The van der Waals surface area contributed by atoms with Crippen LogP contribution in [0.2, 0.25) is 0 Å². The van der Waals surface area contributed by atoms with Gasteiger partial charge in [0.05, 0.1) is 18.7 Å². The number of para-hydroxylation sites is 3. The average Bonchev–Trinajstić information content (AvgIpc) is 3.72. The van der Waals surface area contributed by atoms with Crippen LogP contribution in [0, 0.1) is 0 Å². The van der Waals surface area contributed by atoms with E-state index in [1.807, 2.05) is 50.4 Å². The van der Waals surface area contributed by atoms with E-state index in [0.29, 0.717) is 18.1 Å². The van der Waals surface area contributed by atoms with Crippen molar-refractivity contribution in [1.82, 2.24) is 19.5 Å².